The molecule has 0 heterocycles. The second-order valence-corrected chi connectivity index (χ2v) is 7.11. The first-order valence-electron chi connectivity index (χ1n) is 8.68. The van der Waals surface area contributed by atoms with E-state index >= 15 is 0 Å². The fourth-order valence-corrected chi connectivity index (χ4v) is 2.17. The Kier molecular flexibility index (Phi) is 6.60. The molecule has 0 spiro atoms. The first-order chi connectivity index (χ1) is 13.2. The number of carboxylic acid groups (broad SMARTS) is 1. The van der Waals surface area contributed by atoms with Crippen LogP contribution in [0.4, 0.5) is 0 Å². The summed E-state index contributed by atoms with van der Waals surface area (Å²) in [6.07, 6.45) is 0.988. The zero-order valence-electron chi connectivity index (χ0n) is 16.0. The number of Topliss-reactive ketones (excluding diaryl/α,β-unsaturated/α-hetero) is 1. The highest BCUT2D eigenvalue weighted by molar-refractivity contribution is 6.51. The Labute approximate surface area is 163 Å². The van der Waals surface area contributed by atoms with E-state index in [1.807, 2.05) is 0 Å². The number of hydrazone groups is 1. The molecule has 2 N–H and O–H groups in total. The van der Waals surface area contributed by atoms with Gasteiger partial charge >= 0.3 is 5.97 Å². The van der Waals surface area contributed by atoms with Gasteiger partial charge < -0.3 is 5.11 Å². The second kappa shape index (κ2) is 8.90. The van der Waals surface area contributed by atoms with Crippen LogP contribution < -0.4 is 5.43 Å². The van der Waals surface area contributed by atoms with Gasteiger partial charge in [0.05, 0.1) is 0 Å². The van der Waals surface area contributed by atoms with Crippen LogP contribution in [-0.2, 0) is 9.59 Å². The van der Waals surface area contributed by atoms with E-state index in [4.69, 9.17) is 0 Å². The van der Waals surface area contributed by atoms with E-state index in [0.717, 1.165) is 6.08 Å². The fourth-order valence-electron chi connectivity index (χ4n) is 2.17. The summed E-state index contributed by atoms with van der Waals surface area (Å²) in [4.78, 5) is 36.6. The minimum atomic E-state index is -1.35. The van der Waals surface area contributed by atoms with Crippen LogP contribution in [-0.4, -0.2) is 28.4 Å². The highest BCUT2D eigenvalue weighted by Gasteiger charge is 2.22. The second-order valence-electron chi connectivity index (χ2n) is 7.11. The van der Waals surface area contributed by atoms with E-state index in [-0.39, 0.29) is 17.3 Å². The molecule has 0 bridgehead atoms. The Bertz CT molecular complexity index is 924. The number of carboxylic acids is 1. The maximum Gasteiger partial charge on any atom is 0.353 e. The van der Waals surface area contributed by atoms with Gasteiger partial charge in [0.25, 0.3) is 0 Å². The van der Waals surface area contributed by atoms with Crippen LogP contribution in [0.15, 0.2) is 77.5 Å². The summed E-state index contributed by atoms with van der Waals surface area (Å²) in [5.74, 6) is -2.09. The predicted molar refractivity (Wildman–Crippen MR) is 107 cm³/mol. The van der Waals surface area contributed by atoms with Crippen molar-refractivity contribution >= 4 is 23.2 Å². The number of ketones is 2. The van der Waals surface area contributed by atoms with Crippen molar-refractivity contribution in [2.75, 3.05) is 0 Å². The highest BCUT2D eigenvalue weighted by Crippen LogP contribution is 2.16. The molecule has 144 valence electrons. The zero-order valence-corrected chi connectivity index (χ0v) is 16.0. The minimum absolute atomic E-state index is 0.0437. The van der Waals surface area contributed by atoms with Gasteiger partial charge in [-0.1, -0.05) is 81.4 Å². The molecule has 0 fully saturated rings. The third kappa shape index (κ3) is 5.48. The number of nitrogens with one attached hydrogen (secondary N) is 1. The average molecular weight is 378 g/mol. The van der Waals surface area contributed by atoms with Crippen molar-refractivity contribution in [2.45, 2.75) is 20.8 Å². The van der Waals surface area contributed by atoms with Gasteiger partial charge in [-0.25, -0.2) is 4.79 Å². The van der Waals surface area contributed by atoms with Crippen molar-refractivity contribution in [1.82, 2.24) is 5.43 Å². The molecule has 0 aromatic heterocycles. The molecule has 0 aliphatic rings. The van der Waals surface area contributed by atoms with Crippen molar-refractivity contribution in [3.8, 4) is 0 Å². The molecule has 0 saturated heterocycles. The molecule has 0 unspecified atom stereocenters. The molecular weight excluding hydrogens is 356 g/mol. The van der Waals surface area contributed by atoms with E-state index in [1.54, 1.807) is 81.4 Å². The molecule has 6 nitrogen and oxygen atoms in total. The Morgan fingerprint density at radius 1 is 0.893 bits per heavy atom. The van der Waals surface area contributed by atoms with Gasteiger partial charge in [0, 0.05) is 22.6 Å². The van der Waals surface area contributed by atoms with Crippen molar-refractivity contribution < 1.29 is 19.5 Å². The molecule has 2 rings (SSSR count). The van der Waals surface area contributed by atoms with Crippen LogP contribution in [0.1, 0.15) is 36.7 Å². The molecule has 0 aliphatic carbocycles. The van der Waals surface area contributed by atoms with Gasteiger partial charge in [0.15, 0.2) is 5.78 Å². The summed E-state index contributed by atoms with van der Waals surface area (Å²) >= 11 is 0. The van der Waals surface area contributed by atoms with Crippen LogP contribution in [0.25, 0.3) is 0 Å². The molecule has 0 amide bonds. The molecule has 0 saturated carbocycles. The van der Waals surface area contributed by atoms with Gasteiger partial charge in [0.1, 0.15) is 11.4 Å². The summed E-state index contributed by atoms with van der Waals surface area (Å²) < 4.78 is 0. The topological polar surface area (TPSA) is 95.8 Å². The molecule has 28 heavy (non-hydrogen) atoms. The smallest absolute Gasteiger partial charge is 0.353 e. The van der Waals surface area contributed by atoms with Gasteiger partial charge in [0.2, 0.25) is 5.78 Å². The lowest BCUT2D eigenvalue weighted by molar-refractivity contribution is -0.133. The number of hydrogen-bond acceptors (Lipinski definition) is 5. The van der Waals surface area contributed by atoms with Gasteiger partial charge in [-0.2, -0.15) is 5.10 Å². The zero-order chi connectivity index (χ0) is 20.7. The third-order valence-corrected chi connectivity index (χ3v) is 3.83. The number of carbonyl (C=O) groups is 3. The van der Waals surface area contributed by atoms with Crippen LogP contribution in [0, 0.1) is 5.41 Å². The SMILES string of the molecule is CC(C)(C)C(=O)C=C(NN=C(C(=O)c1ccccc1)c1ccccc1)C(=O)O. The number of aliphatic carboxylic acids is 1. The summed E-state index contributed by atoms with van der Waals surface area (Å²) in [6.45, 7) is 5.05. The lowest BCUT2D eigenvalue weighted by Gasteiger charge is -2.14. The predicted octanol–water partition coefficient (Wildman–Crippen LogP) is 3.45. The Morgan fingerprint density at radius 3 is 1.86 bits per heavy atom. The quantitative estimate of drug-likeness (QED) is 0.333. The lowest BCUT2D eigenvalue weighted by Crippen LogP contribution is -2.25. The van der Waals surface area contributed by atoms with E-state index < -0.39 is 17.1 Å². The summed E-state index contributed by atoms with van der Waals surface area (Å²) in [7, 11) is 0. The Hall–Kier alpha value is -3.54. The first kappa shape index (κ1) is 20.8. The standard InChI is InChI=1S/C22H22N2O4/c1-22(2,3)18(25)14-17(21(27)28)23-24-19(15-10-6-4-7-11-15)20(26)16-12-8-5-9-13-16/h4-14,23H,1-3H3,(H,27,28). The lowest BCUT2D eigenvalue weighted by atomic mass is 9.90. The van der Waals surface area contributed by atoms with Crippen molar-refractivity contribution in [3.05, 3.63) is 83.6 Å². The van der Waals surface area contributed by atoms with Crippen LogP contribution >= 0.6 is 0 Å². The monoisotopic (exact) mass is 378 g/mol. The Balaban J connectivity index is 2.44. The average Bonchev–Trinajstić information content (AvgIpc) is 2.67. The van der Waals surface area contributed by atoms with Crippen molar-refractivity contribution in [3.63, 3.8) is 0 Å². The number of carbonyl (C=O) groups excluding carboxylic acids is 2. The van der Waals surface area contributed by atoms with E-state index in [9.17, 15) is 19.5 Å². The number of allylic oxidation sites excluding steroid dienone is 1. The van der Waals surface area contributed by atoms with Crippen LogP contribution in [0.2, 0.25) is 0 Å². The van der Waals surface area contributed by atoms with Gasteiger partial charge in [-0.3, -0.25) is 15.0 Å². The number of hydrogen-bond donors (Lipinski definition) is 2. The largest absolute Gasteiger partial charge is 0.477 e. The Morgan fingerprint density at radius 2 is 1.39 bits per heavy atom. The van der Waals surface area contributed by atoms with E-state index in [2.05, 4.69) is 10.5 Å². The van der Waals surface area contributed by atoms with Crippen molar-refractivity contribution in [1.29, 1.82) is 0 Å². The summed E-state index contributed by atoms with van der Waals surface area (Å²) in [5.41, 5.74) is 2.21. The maximum atomic E-state index is 12.9. The van der Waals surface area contributed by atoms with E-state index in [0.29, 0.717) is 11.1 Å². The molecule has 0 radical (unpaired) electrons. The highest BCUT2D eigenvalue weighted by atomic mass is 16.4. The molecular formula is C22H22N2O4. The first-order valence-corrected chi connectivity index (χ1v) is 8.68. The van der Waals surface area contributed by atoms with Crippen LogP contribution in [0.5, 0.6) is 0 Å². The molecule has 6 heteroatoms. The van der Waals surface area contributed by atoms with Crippen molar-refractivity contribution in [2.24, 2.45) is 10.5 Å². The fraction of sp³-hybridized carbons (Fsp3) is 0.182. The number of nitrogens with zero attached hydrogens (tertiary/aromatic N) is 1. The summed E-state index contributed by atoms with van der Waals surface area (Å²) in [5, 5.41) is 13.4. The van der Waals surface area contributed by atoms with E-state index in [1.165, 1.54) is 0 Å². The molecule has 0 atom stereocenters. The maximum absolute atomic E-state index is 12.9. The van der Waals surface area contributed by atoms with Gasteiger partial charge in [-0.15, -0.1) is 0 Å². The molecule has 2 aromatic carbocycles. The molecule has 2 aromatic rings. The molecule has 0 aliphatic heterocycles. The number of benzene rings is 2. The van der Waals surface area contributed by atoms with Crippen LogP contribution in [0.3, 0.4) is 0 Å². The number of rotatable bonds is 7. The summed E-state index contributed by atoms with van der Waals surface area (Å²) in [6, 6.07) is 17.2. The normalized spacial score (nSPS) is 12.4. The third-order valence-electron chi connectivity index (χ3n) is 3.83. The van der Waals surface area contributed by atoms with Gasteiger partial charge in [-0.05, 0) is 0 Å². The minimum Gasteiger partial charge on any atom is -0.477 e.